The van der Waals surface area contributed by atoms with Crippen molar-refractivity contribution in [3.8, 4) is 11.6 Å². The molecule has 0 amide bonds. The molecule has 9 heteroatoms. The number of alkyl halides is 2. The standard InChI is InChI=1S/C15H16F2N2O2.C7H6F2O/c1-21-14-13-10(4-6-18-14)19-11(7-12(13)20)9-3-2-5-15(16,17)8-9;1-10-6-4-2-3-5(8)7(6)9/h4,6-7,9H,2-3,5,8H2,1H3,(H,19,20);2-4H,1H3/t9-;/m0./s1. The molecule has 0 radical (unpaired) electrons. The Morgan fingerprint density at radius 2 is 1.94 bits per heavy atom. The van der Waals surface area contributed by atoms with Gasteiger partial charge in [-0.2, -0.15) is 4.39 Å². The summed E-state index contributed by atoms with van der Waals surface area (Å²) in [7, 11) is 2.73. The first-order valence-corrected chi connectivity index (χ1v) is 9.67. The predicted octanol–water partition coefficient (Wildman–Crippen LogP) is 5.20. The Labute approximate surface area is 176 Å². The number of fused-ring (bicyclic) bond motifs is 1. The summed E-state index contributed by atoms with van der Waals surface area (Å²) >= 11 is 0. The lowest BCUT2D eigenvalue weighted by molar-refractivity contribution is -0.0412. The minimum absolute atomic E-state index is 0.0694. The fraction of sp³-hybridized carbons (Fsp3) is 0.364. The fourth-order valence-corrected chi connectivity index (χ4v) is 3.64. The zero-order valence-electron chi connectivity index (χ0n) is 17.1. The number of H-pyrrole nitrogens is 1. The highest BCUT2D eigenvalue weighted by molar-refractivity contribution is 5.83. The molecule has 2 heterocycles. The number of nitrogens with zero attached hydrogens (tertiary/aromatic N) is 1. The molecule has 166 valence electrons. The lowest BCUT2D eigenvalue weighted by Crippen LogP contribution is -2.26. The van der Waals surface area contributed by atoms with E-state index in [0.717, 1.165) is 6.07 Å². The van der Waals surface area contributed by atoms with Crippen LogP contribution < -0.4 is 14.9 Å². The first kappa shape index (κ1) is 22.6. The van der Waals surface area contributed by atoms with Gasteiger partial charge in [0.2, 0.25) is 17.6 Å². The maximum absolute atomic E-state index is 13.6. The predicted molar refractivity (Wildman–Crippen MR) is 108 cm³/mol. The third kappa shape index (κ3) is 5.15. The van der Waals surface area contributed by atoms with Crippen LogP contribution >= 0.6 is 0 Å². The van der Waals surface area contributed by atoms with Crippen LogP contribution in [0.3, 0.4) is 0 Å². The van der Waals surface area contributed by atoms with Crippen molar-refractivity contribution in [3.63, 3.8) is 0 Å². The highest BCUT2D eigenvalue weighted by atomic mass is 19.3. The van der Waals surface area contributed by atoms with Crippen LogP contribution in [0.1, 0.15) is 37.3 Å². The van der Waals surface area contributed by atoms with Gasteiger partial charge in [-0.15, -0.1) is 0 Å². The summed E-state index contributed by atoms with van der Waals surface area (Å²) in [5.41, 5.74) is 0.885. The van der Waals surface area contributed by atoms with Crippen molar-refractivity contribution >= 4 is 10.9 Å². The quantitative estimate of drug-likeness (QED) is 0.571. The molecule has 4 rings (SSSR count). The Hall–Kier alpha value is -3.10. The fourth-order valence-electron chi connectivity index (χ4n) is 3.64. The minimum atomic E-state index is -2.65. The summed E-state index contributed by atoms with van der Waals surface area (Å²) in [6.07, 6.45) is 2.38. The Morgan fingerprint density at radius 3 is 2.58 bits per heavy atom. The summed E-state index contributed by atoms with van der Waals surface area (Å²) in [5.74, 6) is -4.62. The molecule has 1 aromatic carbocycles. The number of ether oxygens (including phenoxy) is 2. The second-order valence-electron chi connectivity index (χ2n) is 7.24. The number of rotatable bonds is 3. The zero-order chi connectivity index (χ0) is 22.6. The summed E-state index contributed by atoms with van der Waals surface area (Å²) in [6.45, 7) is 0. The number of benzene rings is 1. The van der Waals surface area contributed by atoms with Crippen molar-refractivity contribution in [2.24, 2.45) is 0 Å². The van der Waals surface area contributed by atoms with Gasteiger partial charge in [0, 0.05) is 36.7 Å². The molecule has 0 aliphatic heterocycles. The number of aromatic amines is 1. The van der Waals surface area contributed by atoms with Gasteiger partial charge in [-0.3, -0.25) is 4.79 Å². The highest BCUT2D eigenvalue weighted by Crippen LogP contribution is 2.41. The van der Waals surface area contributed by atoms with Crippen LogP contribution in [0.15, 0.2) is 41.3 Å². The van der Waals surface area contributed by atoms with Crippen molar-refractivity contribution in [3.05, 3.63) is 64.1 Å². The van der Waals surface area contributed by atoms with Gasteiger partial charge in [-0.1, -0.05) is 6.07 Å². The topological polar surface area (TPSA) is 64.2 Å². The SMILES string of the molecule is COc1cccc(F)c1F.COc1nccc2[nH]c([C@H]3CCCC(F)(F)C3)cc(=O)c12. The molecular weight excluding hydrogens is 416 g/mol. The van der Waals surface area contributed by atoms with Crippen LogP contribution in [-0.2, 0) is 0 Å². The van der Waals surface area contributed by atoms with Crippen LogP contribution in [0.2, 0.25) is 0 Å². The van der Waals surface area contributed by atoms with E-state index in [1.165, 1.54) is 38.6 Å². The summed E-state index contributed by atoms with van der Waals surface area (Å²) < 4.78 is 61.5. The molecule has 0 saturated heterocycles. The van der Waals surface area contributed by atoms with Gasteiger partial charge in [0.05, 0.1) is 19.7 Å². The summed E-state index contributed by atoms with van der Waals surface area (Å²) in [4.78, 5) is 19.3. The van der Waals surface area contributed by atoms with E-state index in [-0.39, 0.29) is 35.8 Å². The third-order valence-electron chi connectivity index (χ3n) is 5.14. The Balaban J connectivity index is 0.000000229. The van der Waals surface area contributed by atoms with Gasteiger partial charge < -0.3 is 14.5 Å². The molecule has 0 spiro atoms. The molecule has 0 bridgehead atoms. The molecule has 31 heavy (non-hydrogen) atoms. The van der Waals surface area contributed by atoms with E-state index in [9.17, 15) is 22.4 Å². The smallest absolute Gasteiger partial charge is 0.248 e. The average molecular weight is 438 g/mol. The first-order chi connectivity index (χ1) is 14.8. The van der Waals surface area contributed by atoms with Crippen LogP contribution in [0.25, 0.3) is 10.9 Å². The van der Waals surface area contributed by atoms with E-state index in [0.29, 0.717) is 29.4 Å². The molecule has 3 aromatic rings. The molecule has 0 unspecified atom stereocenters. The molecule has 1 aliphatic carbocycles. The van der Waals surface area contributed by atoms with E-state index < -0.39 is 17.6 Å². The van der Waals surface area contributed by atoms with E-state index in [1.54, 1.807) is 6.07 Å². The van der Waals surface area contributed by atoms with Gasteiger partial charge in [-0.25, -0.2) is 18.2 Å². The maximum Gasteiger partial charge on any atom is 0.248 e. The first-order valence-electron chi connectivity index (χ1n) is 9.67. The second-order valence-corrected chi connectivity index (χ2v) is 7.24. The normalized spacial score (nSPS) is 17.5. The van der Waals surface area contributed by atoms with Gasteiger partial charge >= 0.3 is 0 Å². The Morgan fingerprint density at radius 1 is 1.16 bits per heavy atom. The number of halogens is 4. The number of nitrogens with one attached hydrogen (secondary N) is 1. The largest absolute Gasteiger partial charge is 0.494 e. The molecule has 1 aliphatic rings. The van der Waals surface area contributed by atoms with Crippen molar-refractivity contribution in [1.82, 2.24) is 9.97 Å². The maximum atomic E-state index is 13.6. The number of pyridine rings is 2. The lowest BCUT2D eigenvalue weighted by Gasteiger charge is -2.29. The number of hydrogen-bond acceptors (Lipinski definition) is 4. The molecule has 2 aromatic heterocycles. The summed E-state index contributed by atoms with van der Waals surface area (Å²) in [5, 5.41) is 0.353. The minimum Gasteiger partial charge on any atom is -0.494 e. The van der Waals surface area contributed by atoms with Gasteiger partial charge in [0.1, 0.15) is 5.39 Å². The van der Waals surface area contributed by atoms with E-state index in [4.69, 9.17) is 4.74 Å². The molecule has 1 N–H and O–H groups in total. The van der Waals surface area contributed by atoms with Crippen LogP contribution in [0.4, 0.5) is 17.6 Å². The zero-order valence-corrected chi connectivity index (χ0v) is 17.1. The van der Waals surface area contributed by atoms with Crippen LogP contribution in [-0.4, -0.2) is 30.1 Å². The van der Waals surface area contributed by atoms with E-state index >= 15 is 0 Å². The molecule has 1 saturated carbocycles. The monoisotopic (exact) mass is 438 g/mol. The van der Waals surface area contributed by atoms with Crippen LogP contribution in [0, 0.1) is 11.6 Å². The highest BCUT2D eigenvalue weighted by Gasteiger charge is 2.37. The Kier molecular flexibility index (Phi) is 6.82. The second kappa shape index (κ2) is 9.36. The van der Waals surface area contributed by atoms with Gasteiger partial charge in [0.25, 0.3) is 0 Å². The summed E-state index contributed by atoms with van der Waals surface area (Å²) in [6, 6.07) is 6.84. The van der Waals surface area contributed by atoms with Gasteiger partial charge in [-0.05, 0) is 31.0 Å². The van der Waals surface area contributed by atoms with Gasteiger partial charge in [0.15, 0.2) is 17.0 Å². The van der Waals surface area contributed by atoms with E-state index in [1.807, 2.05) is 0 Å². The van der Waals surface area contributed by atoms with Crippen molar-refractivity contribution < 1.29 is 27.0 Å². The Bertz CT molecular complexity index is 1120. The average Bonchev–Trinajstić information content (AvgIpc) is 2.75. The lowest BCUT2D eigenvalue weighted by atomic mass is 9.84. The molecular formula is C22H22F4N2O3. The van der Waals surface area contributed by atoms with Crippen molar-refractivity contribution in [2.45, 2.75) is 37.5 Å². The molecule has 1 fully saturated rings. The number of methoxy groups -OCH3 is 2. The molecule has 5 nitrogen and oxygen atoms in total. The van der Waals surface area contributed by atoms with Crippen molar-refractivity contribution in [2.75, 3.05) is 14.2 Å². The third-order valence-corrected chi connectivity index (χ3v) is 5.14. The molecule has 1 atom stereocenters. The number of aromatic nitrogens is 2. The van der Waals surface area contributed by atoms with E-state index in [2.05, 4.69) is 14.7 Å². The van der Waals surface area contributed by atoms with Crippen molar-refractivity contribution in [1.29, 1.82) is 0 Å². The number of hydrogen-bond donors (Lipinski definition) is 1. The van der Waals surface area contributed by atoms with Crippen LogP contribution in [0.5, 0.6) is 11.6 Å².